The first-order chi connectivity index (χ1) is 10.7. The summed E-state index contributed by atoms with van der Waals surface area (Å²) in [5, 5.41) is 3.12. The lowest BCUT2D eigenvalue weighted by Crippen LogP contribution is -2.32. The third-order valence-corrected chi connectivity index (χ3v) is 3.69. The molecule has 0 aliphatic heterocycles. The number of hydrogen-bond donors (Lipinski definition) is 1. The lowest BCUT2D eigenvalue weighted by molar-refractivity contribution is -0.124. The molecule has 1 heterocycles. The number of nitrogens with one attached hydrogen (secondary N) is 1. The van der Waals surface area contributed by atoms with Crippen molar-refractivity contribution in [3.8, 4) is 0 Å². The molecule has 1 aromatic carbocycles. The largest absolute Gasteiger partial charge is 0.348 e. The average Bonchev–Trinajstić information content (AvgIpc) is 2.55. The third-order valence-electron chi connectivity index (χ3n) is 3.69. The van der Waals surface area contributed by atoms with Crippen molar-refractivity contribution in [2.24, 2.45) is 5.92 Å². The summed E-state index contributed by atoms with van der Waals surface area (Å²) in [6.45, 7) is 3.82. The second kappa shape index (κ2) is 8.32. The van der Waals surface area contributed by atoms with E-state index in [-0.39, 0.29) is 17.9 Å². The molecule has 2 aromatic rings. The Balaban J connectivity index is 1.97. The maximum Gasteiger partial charge on any atom is 0.223 e. The summed E-state index contributed by atoms with van der Waals surface area (Å²) >= 11 is 0. The van der Waals surface area contributed by atoms with E-state index in [0.717, 1.165) is 25.0 Å². The van der Waals surface area contributed by atoms with Crippen LogP contribution in [0.4, 0.5) is 0 Å². The molecule has 3 heteroatoms. The summed E-state index contributed by atoms with van der Waals surface area (Å²) in [5.74, 6) is 0.0655. The maximum absolute atomic E-state index is 12.0. The number of pyridine rings is 1. The number of carbonyl (C=O) groups excluding carboxylic acids is 1. The number of benzene rings is 1. The van der Waals surface area contributed by atoms with Crippen LogP contribution in [-0.4, -0.2) is 10.9 Å². The molecule has 1 N–H and O–H groups in total. The van der Waals surface area contributed by atoms with Gasteiger partial charge in [-0.3, -0.25) is 9.78 Å². The lowest BCUT2D eigenvalue weighted by atomic mass is 10.0. The van der Waals surface area contributed by atoms with E-state index in [1.807, 2.05) is 38.1 Å². The SMILES string of the molecule is CC(C)C(=O)NC(CCCc1ccccc1)c1ccccn1. The van der Waals surface area contributed by atoms with E-state index in [4.69, 9.17) is 0 Å². The number of nitrogens with zero attached hydrogens (tertiary/aromatic N) is 1. The van der Waals surface area contributed by atoms with Crippen LogP contribution in [0, 0.1) is 5.92 Å². The van der Waals surface area contributed by atoms with E-state index in [2.05, 4.69) is 34.6 Å². The van der Waals surface area contributed by atoms with Crippen LogP contribution in [0.3, 0.4) is 0 Å². The summed E-state index contributed by atoms with van der Waals surface area (Å²) in [6, 6.07) is 16.3. The molecule has 1 unspecified atom stereocenters. The standard InChI is InChI=1S/C19H24N2O/c1-15(2)19(22)21-18(17-12-6-7-14-20-17)13-8-11-16-9-4-3-5-10-16/h3-7,9-10,12,14-15,18H,8,11,13H2,1-2H3,(H,21,22). The zero-order chi connectivity index (χ0) is 15.8. The summed E-state index contributed by atoms with van der Waals surface area (Å²) in [7, 11) is 0. The molecular weight excluding hydrogens is 272 g/mol. The predicted octanol–water partition coefficient (Wildman–Crippen LogP) is 3.92. The highest BCUT2D eigenvalue weighted by molar-refractivity contribution is 5.78. The van der Waals surface area contributed by atoms with Crippen LogP contribution in [-0.2, 0) is 11.2 Å². The van der Waals surface area contributed by atoms with Crippen LogP contribution in [0.1, 0.15) is 44.0 Å². The molecule has 3 nitrogen and oxygen atoms in total. The molecule has 1 amide bonds. The van der Waals surface area contributed by atoms with Gasteiger partial charge in [-0.15, -0.1) is 0 Å². The molecule has 22 heavy (non-hydrogen) atoms. The molecule has 0 spiro atoms. The monoisotopic (exact) mass is 296 g/mol. The van der Waals surface area contributed by atoms with Gasteiger partial charge in [-0.1, -0.05) is 50.2 Å². The van der Waals surface area contributed by atoms with Gasteiger partial charge in [-0.05, 0) is 37.0 Å². The van der Waals surface area contributed by atoms with Gasteiger partial charge < -0.3 is 5.32 Å². The molecule has 2 rings (SSSR count). The quantitative estimate of drug-likeness (QED) is 0.841. The topological polar surface area (TPSA) is 42.0 Å². The Labute approximate surface area is 132 Å². The van der Waals surface area contributed by atoms with Crippen LogP contribution in [0.5, 0.6) is 0 Å². The Hall–Kier alpha value is -2.16. The van der Waals surface area contributed by atoms with Gasteiger partial charge in [0.1, 0.15) is 0 Å². The van der Waals surface area contributed by atoms with Crippen LogP contribution < -0.4 is 5.32 Å². The van der Waals surface area contributed by atoms with Crippen LogP contribution >= 0.6 is 0 Å². The Morgan fingerprint density at radius 2 is 1.82 bits per heavy atom. The zero-order valence-electron chi connectivity index (χ0n) is 13.3. The fourth-order valence-electron chi connectivity index (χ4n) is 2.37. The minimum absolute atomic E-state index is 0.0136. The van der Waals surface area contributed by atoms with Gasteiger partial charge in [0.2, 0.25) is 5.91 Å². The fourth-order valence-corrected chi connectivity index (χ4v) is 2.37. The normalized spacial score (nSPS) is 12.1. The van der Waals surface area contributed by atoms with Crippen molar-refractivity contribution in [2.45, 2.75) is 39.2 Å². The van der Waals surface area contributed by atoms with E-state index < -0.39 is 0 Å². The van der Waals surface area contributed by atoms with Crippen LogP contribution in [0.2, 0.25) is 0 Å². The van der Waals surface area contributed by atoms with Crippen molar-refractivity contribution in [1.82, 2.24) is 10.3 Å². The molecule has 0 radical (unpaired) electrons. The molecule has 0 aliphatic carbocycles. The maximum atomic E-state index is 12.0. The Morgan fingerprint density at radius 3 is 2.45 bits per heavy atom. The number of amides is 1. The first-order valence-corrected chi connectivity index (χ1v) is 7.92. The fraction of sp³-hybridized carbons (Fsp3) is 0.368. The van der Waals surface area contributed by atoms with Crippen molar-refractivity contribution >= 4 is 5.91 Å². The summed E-state index contributed by atoms with van der Waals surface area (Å²) in [6.07, 6.45) is 4.71. The zero-order valence-corrected chi connectivity index (χ0v) is 13.3. The van der Waals surface area contributed by atoms with Crippen molar-refractivity contribution in [3.05, 3.63) is 66.0 Å². The van der Waals surface area contributed by atoms with Gasteiger partial charge in [0, 0.05) is 12.1 Å². The molecule has 116 valence electrons. The average molecular weight is 296 g/mol. The number of aromatic nitrogens is 1. The van der Waals surface area contributed by atoms with E-state index in [9.17, 15) is 4.79 Å². The molecule has 0 saturated heterocycles. The Kier molecular flexibility index (Phi) is 6.13. The molecule has 0 aliphatic rings. The van der Waals surface area contributed by atoms with Gasteiger partial charge in [-0.2, -0.15) is 0 Å². The molecule has 0 saturated carbocycles. The summed E-state index contributed by atoms with van der Waals surface area (Å²) < 4.78 is 0. The molecule has 1 aromatic heterocycles. The molecule has 1 atom stereocenters. The second-order valence-electron chi connectivity index (χ2n) is 5.85. The van der Waals surface area contributed by atoms with Crippen LogP contribution in [0.25, 0.3) is 0 Å². The lowest BCUT2D eigenvalue weighted by Gasteiger charge is -2.19. The molecular formula is C19H24N2O. The Bertz CT molecular complexity index is 567. The van der Waals surface area contributed by atoms with Crippen molar-refractivity contribution < 1.29 is 4.79 Å². The van der Waals surface area contributed by atoms with Gasteiger partial charge >= 0.3 is 0 Å². The highest BCUT2D eigenvalue weighted by Crippen LogP contribution is 2.18. The van der Waals surface area contributed by atoms with E-state index >= 15 is 0 Å². The Morgan fingerprint density at radius 1 is 1.09 bits per heavy atom. The second-order valence-corrected chi connectivity index (χ2v) is 5.85. The third kappa shape index (κ3) is 4.99. The number of aryl methyl sites for hydroxylation is 1. The van der Waals surface area contributed by atoms with Gasteiger partial charge in [-0.25, -0.2) is 0 Å². The van der Waals surface area contributed by atoms with E-state index in [0.29, 0.717) is 0 Å². The van der Waals surface area contributed by atoms with Gasteiger partial charge in [0.15, 0.2) is 0 Å². The number of hydrogen-bond acceptors (Lipinski definition) is 2. The first-order valence-electron chi connectivity index (χ1n) is 7.92. The van der Waals surface area contributed by atoms with Gasteiger partial charge in [0.25, 0.3) is 0 Å². The minimum atomic E-state index is -0.0141. The summed E-state index contributed by atoms with van der Waals surface area (Å²) in [4.78, 5) is 16.4. The van der Waals surface area contributed by atoms with Crippen molar-refractivity contribution in [1.29, 1.82) is 0 Å². The van der Waals surface area contributed by atoms with E-state index in [1.165, 1.54) is 5.56 Å². The number of carbonyl (C=O) groups is 1. The molecule has 0 fully saturated rings. The van der Waals surface area contributed by atoms with E-state index in [1.54, 1.807) is 6.20 Å². The van der Waals surface area contributed by atoms with Crippen molar-refractivity contribution in [2.75, 3.05) is 0 Å². The van der Waals surface area contributed by atoms with Crippen molar-refractivity contribution in [3.63, 3.8) is 0 Å². The van der Waals surface area contributed by atoms with Gasteiger partial charge in [0.05, 0.1) is 11.7 Å². The number of rotatable bonds is 7. The summed E-state index contributed by atoms with van der Waals surface area (Å²) in [5.41, 5.74) is 2.27. The highest BCUT2D eigenvalue weighted by Gasteiger charge is 2.17. The molecule has 0 bridgehead atoms. The minimum Gasteiger partial charge on any atom is -0.348 e. The van der Waals surface area contributed by atoms with Crippen LogP contribution in [0.15, 0.2) is 54.7 Å². The smallest absolute Gasteiger partial charge is 0.223 e. The first kappa shape index (κ1) is 16.2. The highest BCUT2D eigenvalue weighted by atomic mass is 16.1. The predicted molar refractivity (Wildman–Crippen MR) is 89.3 cm³/mol.